The predicted molar refractivity (Wildman–Crippen MR) is 103 cm³/mol. The summed E-state index contributed by atoms with van der Waals surface area (Å²) in [6.07, 6.45) is 2.32. The lowest BCUT2D eigenvalue weighted by molar-refractivity contribution is -0.120. The minimum Gasteiger partial charge on any atom is -0.360 e. The quantitative estimate of drug-likeness (QED) is 0.810. The van der Waals surface area contributed by atoms with E-state index in [9.17, 15) is 9.59 Å². The third-order valence-electron chi connectivity index (χ3n) is 4.93. The second-order valence-electron chi connectivity index (χ2n) is 7.02. The normalized spacial score (nSPS) is 15.4. The number of nitrogens with one attached hydrogen (secondary N) is 2. The Hall–Kier alpha value is -2.90. The Morgan fingerprint density at radius 1 is 1.41 bits per heavy atom. The molecular weight excluding hydrogens is 344 g/mol. The van der Waals surface area contributed by atoms with Crippen LogP contribution in [0.2, 0.25) is 0 Å². The van der Waals surface area contributed by atoms with Crippen molar-refractivity contribution in [3.63, 3.8) is 0 Å². The van der Waals surface area contributed by atoms with Gasteiger partial charge in [0.25, 0.3) is 5.91 Å². The SMILES string of the molecule is Cc1nn(C)c(C)c1C[C@H](C)NC(=O)c1cc(N2CCNC(=O)C2)ccn1. The van der Waals surface area contributed by atoms with Gasteiger partial charge in [0, 0.05) is 43.8 Å². The summed E-state index contributed by atoms with van der Waals surface area (Å²) in [5.41, 5.74) is 4.43. The van der Waals surface area contributed by atoms with Crippen LogP contribution in [0, 0.1) is 13.8 Å². The first-order chi connectivity index (χ1) is 12.8. The standard InChI is InChI=1S/C19H26N6O2/c1-12(9-16-13(2)23-24(4)14(16)3)22-19(27)17-10-15(5-6-20-17)25-8-7-21-18(26)11-25/h5-6,10,12H,7-9,11H2,1-4H3,(H,21,26)(H,22,27)/t12-/m0/s1. The van der Waals surface area contributed by atoms with Crippen molar-refractivity contribution in [3.05, 3.63) is 41.0 Å². The second-order valence-corrected chi connectivity index (χ2v) is 7.02. The van der Waals surface area contributed by atoms with Gasteiger partial charge in [-0.2, -0.15) is 5.10 Å². The van der Waals surface area contributed by atoms with Crippen molar-refractivity contribution in [2.24, 2.45) is 7.05 Å². The van der Waals surface area contributed by atoms with Gasteiger partial charge in [-0.1, -0.05) is 0 Å². The summed E-state index contributed by atoms with van der Waals surface area (Å²) in [7, 11) is 1.92. The Morgan fingerprint density at radius 2 is 2.19 bits per heavy atom. The fourth-order valence-corrected chi connectivity index (χ4v) is 3.37. The zero-order valence-electron chi connectivity index (χ0n) is 16.2. The number of pyridine rings is 1. The number of carbonyl (C=O) groups is 2. The number of amides is 2. The topological polar surface area (TPSA) is 92.2 Å². The number of aryl methyl sites for hydroxylation is 2. The molecule has 1 fully saturated rings. The van der Waals surface area contributed by atoms with E-state index >= 15 is 0 Å². The van der Waals surface area contributed by atoms with E-state index in [0.717, 1.165) is 22.6 Å². The van der Waals surface area contributed by atoms with E-state index in [2.05, 4.69) is 20.7 Å². The maximum absolute atomic E-state index is 12.6. The van der Waals surface area contributed by atoms with Crippen LogP contribution >= 0.6 is 0 Å². The van der Waals surface area contributed by atoms with Crippen LogP contribution in [0.4, 0.5) is 5.69 Å². The minimum atomic E-state index is -0.218. The van der Waals surface area contributed by atoms with Crippen LogP contribution in [0.1, 0.15) is 34.4 Å². The second kappa shape index (κ2) is 7.77. The number of carbonyl (C=O) groups excluding carboxylic acids is 2. The van der Waals surface area contributed by atoms with Crippen molar-refractivity contribution in [2.45, 2.75) is 33.2 Å². The van der Waals surface area contributed by atoms with E-state index in [4.69, 9.17) is 0 Å². The van der Waals surface area contributed by atoms with Gasteiger partial charge in [-0.25, -0.2) is 0 Å². The van der Waals surface area contributed by atoms with E-state index in [1.165, 1.54) is 0 Å². The molecule has 8 heteroatoms. The molecule has 0 radical (unpaired) electrons. The van der Waals surface area contributed by atoms with Crippen molar-refractivity contribution in [1.29, 1.82) is 0 Å². The average Bonchev–Trinajstić information content (AvgIpc) is 2.88. The maximum Gasteiger partial charge on any atom is 0.270 e. The van der Waals surface area contributed by atoms with E-state index in [1.54, 1.807) is 12.3 Å². The molecule has 8 nitrogen and oxygen atoms in total. The van der Waals surface area contributed by atoms with Crippen molar-refractivity contribution in [2.75, 3.05) is 24.5 Å². The summed E-state index contributed by atoms with van der Waals surface area (Å²) < 4.78 is 1.86. The van der Waals surface area contributed by atoms with Crippen LogP contribution < -0.4 is 15.5 Å². The highest BCUT2D eigenvalue weighted by Crippen LogP contribution is 2.17. The summed E-state index contributed by atoms with van der Waals surface area (Å²) >= 11 is 0. The Labute approximate surface area is 159 Å². The number of piperazine rings is 1. The molecule has 27 heavy (non-hydrogen) atoms. The molecule has 2 aromatic rings. The van der Waals surface area contributed by atoms with Crippen LogP contribution in [0.15, 0.2) is 18.3 Å². The van der Waals surface area contributed by atoms with E-state index in [1.807, 2.05) is 43.5 Å². The Morgan fingerprint density at radius 3 is 2.85 bits per heavy atom. The molecule has 0 spiro atoms. The van der Waals surface area contributed by atoms with E-state index in [0.29, 0.717) is 31.7 Å². The molecule has 1 saturated heterocycles. The average molecular weight is 370 g/mol. The lowest BCUT2D eigenvalue weighted by atomic mass is 10.1. The highest BCUT2D eigenvalue weighted by molar-refractivity contribution is 5.93. The van der Waals surface area contributed by atoms with Crippen LogP contribution in [0.25, 0.3) is 0 Å². The molecular formula is C19H26N6O2. The van der Waals surface area contributed by atoms with Crippen LogP contribution in [0.3, 0.4) is 0 Å². The first-order valence-corrected chi connectivity index (χ1v) is 9.12. The molecule has 0 aromatic carbocycles. The summed E-state index contributed by atoms with van der Waals surface area (Å²) in [5, 5.41) is 10.2. The van der Waals surface area contributed by atoms with Gasteiger partial charge in [0.1, 0.15) is 5.69 Å². The highest BCUT2D eigenvalue weighted by Gasteiger charge is 2.19. The number of aromatic nitrogens is 3. The maximum atomic E-state index is 12.6. The minimum absolute atomic E-state index is 0.0140. The lowest BCUT2D eigenvalue weighted by Gasteiger charge is -2.28. The molecule has 0 aliphatic carbocycles. The number of rotatable bonds is 5. The third-order valence-corrected chi connectivity index (χ3v) is 4.93. The van der Waals surface area contributed by atoms with Crippen molar-refractivity contribution < 1.29 is 9.59 Å². The molecule has 2 aromatic heterocycles. The first kappa shape index (κ1) is 18.9. The molecule has 0 unspecified atom stereocenters. The number of hydrogen-bond acceptors (Lipinski definition) is 5. The Bertz CT molecular complexity index is 860. The zero-order chi connectivity index (χ0) is 19.6. The molecule has 3 heterocycles. The van der Waals surface area contributed by atoms with Gasteiger partial charge in [0.2, 0.25) is 5.91 Å². The first-order valence-electron chi connectivity index (χ1n) is 9.12. The van der Waals surface area contributed by atoms with Gasteiger partial charge in [0.15, 0.2) is 0 Å². The number of hydrogen-bond donors (Lipinski definition) is 2. The van der Waals surface area contributed by atoms with Gasteiger partial charge < -0.3 is 15.5 Å². The third kappa shape index (κ3) is 4.27. The lowest BCUT2D eigenvalue weighted by Crippen LogP contribution is -2.47. The van der Waals surface area contributed by atoms with Crippen molar-refractivity contribution in [3.8, 4) is 0 Å². The molecule has 3 rings (SSSR count). The Balaban J connectivity index is 1.67. The molecule has 0 bridgehead atoms. The van der Waals surface area contributed by atoms with Crippen LogP contribution in [-0.2, 0) is 18.3 Å². The summed E-state index contributed by atoms with van der Waals surface area (Å²) in [4.78, 5) is 30.4. The molecule has 1 atom stereocenters. The van der Waals surface area contributed by atoms with E-state index < -0.39 is 0 Å². The van der Waals surface area contributed by atoms with Gasteiger partial charge in [-0.15, -0.1) is 0 Å². The fourth-order valence-electron chi connectivity index (χ4n) is 3.37. The molecule has 2 amide bonds. The molecule has 144 valence electrons. The van der Waals surface area contributed by atoms with Gasteiger partial charge >= 0.3 is 0 Å². The summed E-state index contributed by atoms with van der Waals surface area (Å²) in [6, 6.07) is 3.51. The highest BCUT2D eigenvalue weighted by atomic mass is 16.2. The predicted octanol–water partition coefficient (Wildman–Crippen LogP) is 0.729. The molecule has 1 aliphatic heterocycles. The van der Waals surface area contributed by atoms with Crippen LogP contribution in [-0.4, -0.2) is 52.3 Å². The number of nitrogens with zero attached hydrogens (tertiary/aromatic N) is 4. The summed E-state index contributed by atoms with van der Waals surface area (Å²) in [5.74, 6) is -0.232. The monoisotopic (exact) mass is 370 g/mol. The van der Waals surface area contributed by atoms with Crippen LogP contribution in [0.5, 0.6) is 0 Å². The number of anilines is 1. The van der Waals surface area contributed by atoms with Gasteiger partial charge in [0.05, 0.1) is 12.2 Å². The van der Waals surface area contributed by atoms with Crippen molar-refractivity contribution in [1.82, 2.24) is 25.4 Å². The largest absolute Gasteiger partial charge is 0.360 e. The van der Waals surface area contributed by atoms with Gasteiger partial charge in [-0.3, -0.25) is 19.3 Å². The molecule has 2 N–H and O–H groups in total. The molecule has 1 aliphatic rings. The zero-order valence-corrected chi connectivity index (χ0v) is 16.2. The Kier molecular flexibility index (Phi) is 5.43. The van der Waals surface area contributed by atoms with E-state index in [-0.39, 0.29) is 17.9 Å². The van der Waals surface area contributed by atoms with Crippen molar-refractivity contribution >= 4 is 17.5 Å². The summed E-state index contributed by atoms with van der Waals surface area (Å²) in [6.45, 7) is 7.60. The molecule has 0 saturated carbocycles. The fraction of sp³-hybridized carbons (Fsp3) is 0.474. The smallest absolute Gasteiger partial charge is 0.270 e. The van der Waals surface area contributed by atoms with Gasteiger partial charge in [-0.05, 0) is 44.9 Å².